The Bertz CT molecular complexity index is 807. The van der Waals surface area contributed by atoms with Crippen molar-refractivity contribution in [1.82, 2.24) is 5.32 Å². The lowest BCUT2D eigenvalue weighted by molar-refractivity contribution is -0.384. The highest BCUT2D eigenvalue weighted by Crippen LogP contribution is 2.18. The fraction of sp³-hybridized carbons (Fsp3) is 0.125. The molecule has 0 atom stereocenters. The first-order chi connectivity index (χ1) is 11.4. The Kier molecular flexibility index (Phi) is 5.64. The van der Waals surface area contributed by atoms with E-state index in [-0.39, 0.29) is 23.4 Å². The number of non-ortho nitro benzene ring substituents is 1. The van der Waals surface area contributed by atoms with Gasteiger partial charge >= 0.3 is 5.97 Å². The quantitative estimate of drug-likeness (QED) is 0.478. The summed E-state index contributed by atoms with van der Waals surface area (Å²) in [5.74, 6) is -1.27. The molecule has 1 amide bonds. The molecule has 0 spiro atoms. The highest BCUT2D eigenvalue weighted by atomic mass is 79.9. The zero-order valence-electron chi connectivity index (χ0n) is 12.6. The Morgan fingerprint density at radius 3 is 2.54 bits per heavy atom. The molecule has 0 aliphatic carbocycles. The molecule has 0 fully saturated rings. The van der Waals surface area contributed by atoms with Crippen LogP contribution in [0.2, 0.25) is 0 Å². The van der Waals surface area contributed by atoms with Crippen LogP contribution in [-0.4, -0.2) is 23.9 Å². The van der Waals surface area contributed by atoms with E-state index in [4.69, 9.17) is 0 Å². The second kappa shape index (κ2) is 7.69. The lowest BCUT2D eigenvalue weighted by Gasteiger charge is -2.07. The van der Waals surface area contributed by atoms with E-state index < -0.39 is 16.8 Å². The van der Waals surface area contributed by atoms with Crippen molar-refractivity contribution in [2.24, 2.45) is 0 Å². The predicted molar refractivity (Wildman–Crippen MR) is 89.7 cm³/mol. The lowest BCUT2D eigenvalue weighted by Crippen LogP contribution is -2.23. The van der Waals surface area contributed by atoms with Crippen LogP contribution in [0, 0.1) is 10.1 Å². The number of nitro benzene ring substituents is 1. The predicted octanol–water partition coefficient (Wildman–Crippen LogP) is 3.07. The molecule has 0 bridgehead atoms. The van der Waals surface area contributed by atoms with E-state index in [9.17, 15) is 19.7 Å². The van der Waals surface area contributed by atoms with Gasteiger partial charge in [0.15, 0.2) is 0 Å². The molecule has 24 heavy (non-hydrogen) atoms. The van der Waals surface area contributed by atoms with Crippen molar-refractivity contribution in [2.75, 3.05) is 7.11 Å². The van der Waals surface area contributed by atoms with Crippen LogP contribution < -0.4 is 5.32 Å². The van der Waals surface area contributed by atoms with E-state index in [2.05, 4.69) is 26.0 Å². The topological polar surface area (TPSA) is 98.5 Å². The average molecular weight is 393 g/mol. The van der Waals surface area contributed by atoms with Gasteiger partial charge < -0.3 is 10.1 Å². The molecule has 0 saturated heterocycles. The summed E-state index contributed by atoms with van der Waals surface area (Å²) < 4.78 is 5.42. The third-order valence-corrected chi connectivity index (χ3v) is 3.65. The van der Waals surface area contributed by atoms with Gasteiger partial charge in [-0.15, -0.1) is 0 Å². The molecular weight excluding hydrogens is 380 g/mol. The molecule has 2 rings (SSSR count). The Morgan fingerprint density at radius 1 is 1.21 bits per heavy atom. The van der Waals surface area contributed by atoms with Gasteiger partial charge in [-0.3, -0.25) is 14.9 Å². The van der Waals surface area contributed by atoms with Crippen LogP contribution in [0.5, 0.6) is 0 Å². The number of nitrogens with zero attached hydrogens (tertiary/aromatic N) is 1. The highest BCUT2D eigenvalue weighted by Gasteiger charge is 2.18. The molecule has 0 aliphatic rings. The van der Waals surface area contributed by atoms with Crippen molar-refractivity contribution in [3.05, 3.63) is 73.7 Å². The number of hydrogen-bond acceptors (Lipinski definition) is 5. The highest BCUT2D eigenvalue weighted by molar-refractivity contribution is 9.10. The molecule has 0 aliphatic heterocycles. The number of rotatable bonds is 5. The van der Waals surface area contributed by atoms with Crippen LogP contribution in [-0.2, 0) is 11.3 Å². The maximum atomic E-state index is 12.2. The number of carbonyl (C=O) groups excluding carboxylic acids is 2. The van der Waals surface area contributed by atoms with Crippen LogP contribution in [0.3, 0.4) is 0 Å². The van der Waals surface area contributed by atoms with Crippen molar-refractivity contribution in [1.29, 1.82) is 0 Å². The van der Waals surface area contributed by atoms with E-state index in [0.29, 0.717) is 0 Å². The van der Waals surface area contributed by atoms with Crippen LogP contribution in [0.1, 0.15) is 26.3 Å². The van der Waals surface area contributed by atoms with E-state index in [1.807, 2.05) is 24.3 Å². The fourth-order valence-corrected chi connectivity index (χ4v) is 2.46. The van der Waals surface area contributed by atoms with Gasteiger partial charge in [-0.1, -0.05) is 28.1 Å². The SMILES string of the molecule is COC(=O)c1cc(C(=O)NCc2cccc(Br)c2)cc([N+](=O)[O-])c1. The van der Waals surface area contributed by atoms with Gasteiger partial charge in [0.2, 0.25) is 0 Å². The molecule has 7 nitrogen and oxygen atoms in total. The monoisotopic (exact) mass is 392 g/mol. The minimum atomic E-state index is -0.750. The van der Waals surface area contributed by atoms with Crippen molar-refractivity contribution in [2.45, 2.75) is 6.54 Å². The summed E-state index contributed by atoms with van der Waals surface area (Å²) in [5.41, 5.74) is 0.459. The van der Waals surface area contributed by atoms with Gasteiger partial charge in [0, 0.05) is 28.7 Å². The molecule has 2 aromatic rings. The zero-order valence-corrected chi connectivity index (χ0v) is 14.2. The molecule has 0 aromatic heterocycles. The van der Waals surface area contributed by atoms with Crippen molar-refractivity contribution in [3.63, 3.8) is 0 Å². The fourth-order valence-electron chi connectivity index (χ4n) is 2.01. The lowest BCUT2D eigenvalue weighted by atomic mass is 10.1. The number of methoxy groups -OCH3 is 1. The second-order valence-electron chi connectivity index (χ2n) is 4.83. The number of carbonyl (C=O) groups is 2. The van der Waals surface area contributed by atoms with Crippen LogP contribution in [0.4, 0.5) is 5.69 Å². The van der Waals surface area contributed by atoms with Crippen molar-refractivity contribution >= 4 is 33.5 Å². The van der Waals surface area contributed by atoms with E-state index in [1.54, 1.807) is 0 Å². The first kappa shape index (κ1) is 17.6. The first-order valence-corrected chi connectivity index (χ1v) is 7.60. The van der Waals surface area contributed by atoms with Crippen LogP contribution in [0.25, 0.3) is 0 Å². The number of halogens is 1. The summed E-state index contributed by atoms with van der Waals surface area (Å²) in [6.45, 7) is 0.245. The summed E-state index contributed by atoms with van der Waals surface area (Å²) >= 11 is 3.33. The summed E-state index contributed by atoms with van der Waals surface area (Å²) in [5, 5.41) is 13.6. The minimum absolute atomic E-state index is 0.0135. The third kappa shape index (κ3) is 4.39. The Morgan fingerprint density at radius 2 is 1.92 bits per heavy atom. The van der Waals surface area contributed by atoms with Gasteiger partial charge in [-0.2, -0.15) is 0 Å². The van der Waals surface area contributed by atoms with E-state index >= 15 is 0 Å². The molecule has 0 saturated carbocycles. The number of benzene rings is 2. The molecule has 0 heterocycles. The summed E-state index contributed by atoms with van der Waals surface area (Å²) in [7, 11) is 1.16. The molecule has 1 N–H and O–H groups in total. The number of nitrogens with one attached hydrogen (secondary N) is 1. The number of ether oxygens (including phenoxy) is 1. The Labute approximate surface area is 145 Å². The largest absolute Gasteiger partial charge is 0.465 e. The van der Waals surface area contributed by atoms with Gasteiger partial charge in [-0.25, -0.2) is 4.79 Å². The van der Waals surface area contributed by atoms with Gasteiger partial charge in [0.05, 0.1) is 17.6 Å². The maximum absolute atomic E-state index is 12.2. The summed E-state index contributed by atoms with van der Waals surface area (Å²) in [4.78, 5) is 34.1. The maximum Gasteiger partial charge on any atom is 0.338 e. The molecule has 8 heteroatoms. The standard InChI is InChI=1S/C16H13BrN2O5/c1-24-16(21)12-6-11(7-14(8-12)19(22)23)15(20)18-9-10-3-2-4-13(17)5-10/h2-8H,9H2,1H3,(H,18,20). The van der Waals surface area contributed by atoms with Crippen LogP contribution in [0.15, 0.2) is 46.9 Å². The number of nitro groups is 1. The van der Waals surface area contributed by atoms with Crippen LogP contribution >= 0.6 is 15.9 Å². The molecule has 2 aromatic carbocycles. The number of esters is 1. The Hall–Kier alpha value is -2.74. The third-order valence-electron chi connectivity index (χ3n) is 3.15. The molecular formula is C16H13BrN2O5. The summed E-state index contributed by atoms with van der Waals surface area (Å²) in [6.07, 6.45) is 0. The average Bonchev–Trinajstić information content (AvgIpc) is 2.58. The summed E-state index contributed by atoms with van der Waals surface area (Å²) in [6, 6.07) is 10.8. The Balaban J connectivity index is 2.23. The molecule has 124 valence electrons. The van der Waals surface area contributed by atoms with Crippen molar-refractivity contribution < 1.29 is 19.2 Å². The minimum Gasteiger partial charge on any atom is -0.465 e. The molecule has 0 unspecified atom stereocenters. The number of hydrogen-bond donors (Lipinski definition) is 1. The second-order valence-corrected chi connectivity index (χ2v) is 5.75. The number of amides is 1. The normalized spacial score (nSPS) is 10.1. The first-order valence-electron chi connectivity index (χ1n) is 6.81. The molecule has 0 radical (unpaired) electrons. The van der Waals surface area contributed by atoms with E-state index in [1.165, 1.54) is 6.07 Å². The van der Waals surface area contributed by atoms with Crippen molar-refractivity contribution in [3.8, 4) is 0 Å². The smallest absolute Gasteiger partial charge is 0.338 e. The zero-order chi connectivity index (χ0) is 17.7. The van der Waals surface area contributed by atoms with Gasteiger partial charge in [-0.05, 0) is 23.8 Å². The van der Waals surface area contributed by atoms with Gasteiger partial charge in [0.1, 0.15) is 0 Å². The van der Waals surface area contributed by atoms with E-state index in [0.717, 1.165) is 29.3 Å². The van der Waals surface area contributed by atoms with Gasteiger partial charge in [0.25, 0.3) is 11.6 Å².